The van der Waals surface area contributed by atoms with Gasteiger partial charge in [-0.15, -0.1) is 0 Å². The van der Waals surface area contributed by atoms with Gasteiger partial charge in [0.2, 0.25) is 0 Å². The summed E-state index contributed by atoms with van der Waals surface area (Å²) < 4.78 is 5.94. The van der Waals surface area contributed by atoms with Gasteiger partial charge in [-0.2, -0.15) is 0 Å². The van der Waals surface area contributed by atoms with E-state index in [-0.39, 0.29) is 0 Å². The molecule has 0 unspecified atom stereocenters. The van der Waals surface area contributed by atoms with Crippen LogP contribution in [0, 0.1) is 0 Å². The Morgan fingerprint density at radius 2 is 1.10 bits per heavy atom. The fraction of sp³-hybridized carbons (Fsp3) is 0.600. The molecule has 21 heavy (non-hydrogen) atoms. The maximum Gasteiger partial charge on any atom is 0.103 e. The van der Waals surface area contributed by atoms with Crippen LogP contribution >= 0.6 is 0 Å². The van der Waals surface area contributed by atoms with Crippen molar-refractivity contribution in [1.29, 1.82) is 0 Å². The second-order valence-electron chi connectivity index (χ2n) is 5.67. The number of allylic oxidation sites excluding steroid dienone is 8. The lowest BCUT2D eigenvalue weighted by Gasteiger charge is -2.10. The van der Waals surface area contributed by atoms with Crippen molar-refractivity contribution in [3.05, 3.63) is 47.0 Å². The Kier molecular flexibility index (Phi) is 11.8. The maximum atomic E-state index is 5.94. The van der Waals surface area contributed by atoms with E-state index in [1.54, 1.807) is 0 Å². The third-order valence-electron chi connectivity index (χ3n) is 3.60. The van der Waals surface area contributed by atoms with E-state index in [9.17, 15) is 0 Å². The second-order valence-corrected chi connectivity index (χ2v) is 5.67. The normalized spacial score (nSPS) is 14.6. The molecule has 0 aromatic heterocycles. The molecule has 120 valence electrons. The first-order valence-corrected chi connectivity index (χ1v) is 8.38. The summed E-state index contributed by atoms with van der Waals surface area (Å²) in [5, 5.41) is 0. The highest BCUT2D eigenvalue weighted by molar-refractivity contribution is 5.23. The molecule has 0 heterocycles. The Morgan fingerprint density at radius 1 is 0.714 bits per heavy atom. The van der Waals surface area contributed by atoms with Gasteiger partial charge in [0.25, 0.3) is 0 Å². The molecule has 0 aromatic carbocycles. The van der Waals surface area contributed by atoms with Gasteiger partial charge in [-0.3, -0.25) is 0 Å². The minimum Gasteiger partial charge on any atom is -0.466 e. The van der Waals surface area contributed by atoms with Crippen LogP contribution in [0.15, 0.2) is 47.0 Å². The molecule has 0 N–H and O–H groups in total. The van der Waals surface area contributed by atoms with Gasteiger partial charge in [0.05, 0.1) is 0 Å². The molecule has 0 saturated heterocycles. The highest BCUT2D eigenvalue weighted by Crippen LogP contribution is 2.16. The lowest BCUT2D eigenvalue weighted by Crippen LogP contribution is -1.91. The van der Waals surface area contributed by atoms with Gasteiger partial charge in [-0.05, 0) is 51.7 Å². The lowest BCUT2D eigenvalue weighted by atomic mass is 10.2. The van der Waals surface area contributed by atoms with E-state index in [1.807, 2.05) is 13.8 Å². The Bertz CT molecular complexity index is 356. The Labute approximate surface area is 132 Å². The van der Waals surface area contributed by atoms with Crippen LogP contribution in [0.3, 0.4) is 0 Å². The van der Waals surface area contributed by atoms with Gasteiger partial charge in [-0.25, -0.2) is 0 Å². The van der Waals surface area contributed by atoms with Crippen molar-refractivity contribution in [1.82, 2.24) is 0 Å². The Balaban J connectivity index is 4.54. The largest absolute Gasteiger partial charge is 0.466 e. The van der Waals surface area contributed by atoms with E-state index in [2.05, 4.69) is 52.0 Å². The van der Waals surface area contributed by atoms with Crippen molar-refractivity contribution in [2.24, 2.45) is 0 Å². The zero-order valence-corrected chi connectivity index (χ0v) is 15.0. The number of unbranched alkanes of at least 4 members (excludes halogenated alkanes) is 4. The lowest BCUT2D eigenvalue weighted by molar-refractivity contribution is 0.302. The topological polar surface area (TPSA) is 9.23 Å². The van der Waals surface area contributed by atoms with Gasteiger partial charge in [0, 0.05) is 0 Å². The number of hydrogen-bond donors (Lipinski definition) is 0. The Hall–Kier alpha value is -1.24. The molecule has 1 heteroatoms. The summed E-state index contributed by atoms with van der Waals surface area (Å²) in [5.41, 5.74) is 2.40. The van der Waals surface area contributed by atoms with Crippen LogP contribution in [0.5, 0.6) is 0 Å². The van der Waals surface area contributed by atoms with Crippen LogP contribution in [0.4, 0.5) is 0 Å². The molecule has 0 rings (SSSR count). The van der Waals surface area contributed by atoms with Crippen molar-refractivity contribution >= 4 is 0 Å². The molecule has 0 aliphatic rings. The van der Waals surface area contributed by atoms with E-state index >= 15 is 0 Å². The summed E-state index contributed by atoms with van der Waals surface area (Å²) in [5.74, 6) is 1.98. The average Bonchev–Trinajstić information content (AvgIpc) is 2.47. The number of hydrogen-bond acceptors (Lipinski definition) is 1. The molecule has 0 saturated carbocycles. The first-order chi connectivity index (χ1) is 10.0. The van der Waals surface area contributed by atoms with Gasteiger partial charge >= 0.3 is 0 Å². The smallest absolute Gasteiger partial charge is 0.103 e. The van der Waals surface area contributed by atoms with E-state index in [0.29, 0.717) is 0 Å². The van der Waals surface area contributed by atoms with Crippen LogP contribution in [0.25, 0.3) is 0 Å². The van der Waals surface area contributed by atoms with Crippen LogP contribution in [0.2, 0.25) is 0 Å². The molecular formula is C20H34O. The standard InChI is InChI=1S/C20H34O/c1-7-9-11-13-15-17(3)19(5)21-20(6)18(4)16-14-12-10-8-2/h13-16H,7-12H2,1-6H3/b15-13+,16-14+,19-17+,20-18+. The molecule has 0 radical (unpaired) electrons. The maximum absolute atomic E-state index is 5.94. The van der Waals surface area contributed by atoms with Crippen molar-refractivity contribution < 1.29 is 4.74 Å². The van der Waals surface area contributed by atoms with Crippen LogP contribution in [-0.4, -0.2) is 0 Å². The molecule has 0 aliphatic heterocycles. The minimum absolute atomic E-state index is 0.988. The van der Waals surface area contributed by atoms with E-state index < -0.39 is 0 Å². The van der Waals surface area contributed by atoms with Gasteiger partial charge in [-0.1, -0.05) is 63.8 Å². The van der Waals surface area contributed by atoms with Gasteiger partial charge in [0.1, 0.15) is 11.5 Å². The summed E-state index contributed by atoms with van der Waals surface area (Å²) in [6.45, 7) is 12.7. The second kappa shape index (κ2) is 12.5. The number of ether oxygens (including phenoxy) is 1. The number of rotatable bonds is 10. The van der Waals surface area contributed by atoms with Crippen LogP contribution in [-0.2, 0) is 4.74 Å². The molecule has 1 nitrogen and oxygen atoms in total. The Morgan fingerprint density at radius 3 is 1.43 bits per heavy atom. The molecule has 0 amide bonds. The fourth-order valence-corrected chi connectivity index (χ4v) is 1.79. The summed E-state index contributed by atoms with van der Waals surface area (Å²) in [7, 11) is 0. The SMILES string of the molecule is CCCC/C=C/C(C)=C(\C)O/C(C)=C(C)/C=C/CCCC. The van der Waals surface area contributed by atoms with Crippen LogP contribution in [0.1, 0.15) is 80.1 Å². The zero-order valence-electron chi connectivity index (χ0n) is 15.0. The third-order valence-corrected chi connectivity index (χ3v) is 3.60. The third kappa shape index (κ3) is 10.2. The molecule has 0 spiro atoms. The summed E-state index contributed by atoms with van der Waals surface area (Å²) in [6.07, 6.45) is 16.1. The first kappa shape index (κ1) is 19.8. The van der Waals surface area contributed by atoms with Crippen molar-refractivity contribution in [2.75, 3.05) is 0 Å². The molecule has 0 fully saturated rings. The first-order valence-electron chi connectivity index (χ1n) is 8.38. The predicted molar refractivity (Wildman–Crippen MR) is 95.2 cm³/mol. The van der Waals surface area contributed by atoms with E-state index in [1.165, 1.54) is 36.8 Å². The zero-order chi connectivity index (χ0) is 16.1. The molecule has 0 aliphatic carbocycles. The molecule has 0 atom stereocenters. The monoisotopic (exact) mass is 290 g/mol. The minimum atomic E-state index is 0.988. The fourth-order valence-electron chi connectivity index (χ4n) is 1.79. The van der Waals surface area contributed by atoms with Gasteiger partial charge in [0.15, 0.2) is 0 Å². The summed E-state index contributed by atoms with van der Waals surface area (Å²) in [6, 6.07) is 0. The van der Waals surface area contributed by atoms with Crippen molar-refractivity contribution in [3.8, 4) is 0 Å². The van der Waals surface area contributed by atoms with Gasteiger partial charge < -0.3 is 4.74 Å². The van der Waals surface area contributed by atoms with Crippen molar-refractivity contribution in [3.63, 3.8) is 0 Å². The summed E-state index contributed by atoms with van der Waals surface area (Å²) in [4.78, 5) is 0. The van der Waals surface area contributed by atoms with Crippen molar-refractivity contribution in [2.45, 2.75) is 80.1 Å². The quantitative estimate of drug-likeness (QED) is 0.237. The molecule has 0 bridgehead atoms. The van der Waals surface area contributed by atoms with Crippen LogP contribution < -0.4 is 0 Å². The average molecular weight is 290 g/mol. The van der Waals surface area contributed by atoms with E-state index in [0.717, 1.165) is 24.4 Å². The highest BCUT2D eigenvalue weighted by Gasteiger charge is 1.99. The summed E-state index contributed by atoms with van der Waals surface area (Å²) >= 11 is 0. The molecule has 0 aromatic rings. The molecular weight excluding hydrogens is 256 g/mol. The highest BCUT2D eigenvalue weighted by atomic mass is 16.5. The van der Waals surface area contributed by atoms with E-state index in [4.69, 9.17) is 4.74 Å². The predicted octanol–water partition coefficient (Wildman–Crippen LogP) is 7.08.